The van der Waals surface area contributed by atoms with E-state index in [1.807, 2.05) is 0 Å². The van der Waals surface area contributed by atoms with E-state index in [9.17, 15) is 34.2 Å². The highest BCUT2D eigenvalue weighted by Crippen LogP contribution is 2.06. The van der Waals surface area contributed by atoms with Crippen LogP contribution in [0.25, 0.3) is 0 Å². The summed E-state index contributed by atoms with van der Waals surface area (Å²) in [5.74, 6) is -5.55. The molecular formula is C20H28N4O8. The molecule has 0 heterocycles. The maximum atomic E-state index is 12.8. The van der Waals surface area contributed by atoms with E-state index >= 15 is 0 Å². The van der Waals surface area contributed by atoms with Crippen molar-refractivity contribution in [2.45, 2.75) is 57.0 Å². The molecule has 0 fully saturated rings. The number of carboxylic acid groups (broad SMARTS) is 2. The molecule has 5 atom stereocenters. The van der Waals surface area contributed by atoms with Crippen molar-refractivity contribution in [1.82, 2.24) is 16.0 Å². The average molecular weight is 452 g/mol. The van der Waals surface area contributed by atoms with Gasteiger partial charge in [-0.15, -0.1) is 0 Å². The Labute approximate surface area is 184 Å². The van der Waals surface area contributed by atoms with Crippen LogP contribution >= 0.6 is 0 Å². The summed E-state index contributed by atoms with van der Waals surface area (Å²) in [6.07, 6.45) is -2.27. The molecule has 12 heteroatoms. The Kier molecular flexibility index (Phi) is 10.3. The number of rotatable bonds is 12. The van der Waals surface area contributed by atoms with Gasteiger partial charge in [0.15, 0.2) is 0 Å². The van der Waals surface area contributed by atoms with Crippen LogP contribution in [0.3, 0.4) is 0 Å². The normalized spacial score (nSPS) is 15.4. The van der Waals surface area contributed by atoms with Crippen LogP contribution in [0.5, 0.6) is 0 Å². The molecule has 0 aliphatic rings. The average Bonchev–Trinajstić information content (AvgIpc) is 2.70. The van der Waals surface area contributed by atoms with Crippen LogP contribution in [0, 0.1) is 0 Å². The first-order valence-electron chi connectivity index (χ1n) is 9.75. The Morgan fingerprint density at radius 3 is 1.91 bits per heavy atom. The van der Waals surface area contributed by atoms with Crippen LogP contribution in [-0.4, -0.2) is 75.3 Å². The fourth-order valence-electron chi connectivity index (χ4n) is 2.66. The van der Waals surface area contributed by atoms with Gasteiger partial charge in [0.1, 0.15) is 18.1 Å². The lowest BCUT2D eigenvalue weighted by molar-refractivity contribution is -0.147. The van der Waals surface area contributed by atoms with Gasteiger partial charge < -0.3 is 37.0 Å². The molecule has 0 bridgehead atoms. The first-order valence-corrected chi connectivity index (χ1v) is 9.75. The van der Waals surface area contributed by atoms with E-state index in [0.29, 0.717) is 5.56 Å². The third-order valence-electron chi connectivity index (χ3n) is 4.39. The van der Waals surface area contributed by atoms with Gasteiger partial charge >= 0.3 is 11.9 Å². The monoisotopic (exact) mass is 452 g/mol. The smallest absolute Gasteiger partial charge is 0.326 e. The SMILES string of the molecule is CC(N)C(=O)NC(C(=O)NC(Cc1ccccc1)C(=O)NC(CC(=O)O)C(=O)O)C(C)O. The van der Waals surface area contributed by atoms with Gasteiger partial charge in [0.05, 0.1) is 18.6 Å². The lowest BCUT2D eigenvalue weighted by atomic mass is 10.0. The van der Waals surface area contributed by atoms with Crippen molar-refractivity contribution in [2.75, 3.05) is 0 Å². The van der Waals surface area contributed by atoms with Gasteiger partial charge in [0.25, 0.3) is 0 Å². The molecule has 0 saturated carbocycles. The summed E-state index contributed by atoms with van der Waals surface area (Å²) in [6, 6.07) is 3.02. The molecule has 0 aliphatic heterocycles. The van der Waals surface area contributed by atoms with Gasteiger partial charge in [-0.2, -0.15) is 0 Å². The van der Waals surface area contributed by atoms with Crippen LogP contribution in [0.4, 0.5) is 0 Å². The summed E-state index contributed by atoms with van der Waals surface area (Å²) in [5.41, 5.74) is 6.08. The zero-order valence-electron chi connectivity index (χ0n) is 17.6. The summed E-state index contributed by atoms with van der Waals surface area (Å²) in [4.78, 5) is 59.5. The topological polar surface area (TPSA) is 208 Å². The van der Waals surface area contributed by atoms with Crippen LogP contribution in [0.2, 0.25) is 0 Å². The van der Waals surface area contributed by atoms with Gasteiger partial charge in [-0.25, -0.2) is 4.79 Å². The zero-order valence-corrected chi connectivity index (χ0v) is 17.6. The van der Waals surface area contributed by atoms with Gasteiger partial charge in [-0.1, -0.05) is 30.3 Å². The van der Waals surface area contributed by atoms with E-state index in [0.717, 1.165) is 0 Å². The van der Waals surface area contributed by atoms with Crippen molar-refractivity contribution in [3.8, 4) is 0 Å². The Bertz CT molecular complexity index is 828. The van der Waals surface area contributed by atoms with Crippen molar-refractivity contribution in [1.29, 1.82) is 0 Å². The molecule has 5 unspecified atom stereocenters. The van der Waals surface area contributed by atoms with Crippen LogP contribution < -0.4 is 21.7 Å². The molecule has 3 amide bonds. The summed E-state index contributed by atoms with van der Waals surface area (Å²) in [6.45, 7) is 2.64. The predicted molar refractivity (Wildman–Crippen MR) is 111 cm³/mol. The van der Waals surface area contributed by atoms with E-state index in [-0.39, 0.29) is 6.42 Å². The van der Waals surface area contributed by atoms with E-state index < -0.39 is 66.4 Å². The molecule has 1 aromatic carbocycles. The van der Waals surface area contributed by atoms with Crippen LogP contribution in [0.1, 0.15) is 25.8 Å². The molecular weight excluding hydrogens is 424 g/mol. The van der Waals surface area contributed by atoms with E-state index in [1.54, 1.807) is 30.3 Å². The first kappa shape index (κ1) is 26.5. The first-order chi connectivity index (χ1) is 14.9. The summed E-state index contributed by atoms with van der Waals surface area (Å²) < 4.78 is 0. The highest BCUT2D eigenvalue weighted by atomic mass is 16.4. The number of aliphatic hydroxyl groups excluding tert-OH is 1. The number of aliphatic hydroxyl groups is 1. The highest BCUT2D eigenvalue weighted by molar-refractivity contribution is 5.95. The van der Waals surface area contributed by atoms with Gasteiger partial charge in [0, 0.05) is 6.42 Å². The largest absolute Gasteiger partial charge is 0.481 e. The third kappa shape index (κ3) is 8.70. The molecule has 0 radical (unpaired) electrons. The van der Waals surface area contributed by atoms with Crippen molar-refractivity contribution >= 4 is 29.7 Å². The Morgan fingerprint density at radius 1 is 0.875 bits per heavy atom. The minimum Gasteiger partial charge on any atom is -0.481 e. The van der Waals surface area contributed by atoms with Crippen molar-refractivity contribution in [3.63, 3.8) is 0 Å². The van der Waals surface area contributed by atoms with Gasteiger partial charge in [-0.05, 0) is 19.4 Å². The minimum absolute atomic E-state index is 0.0639. The highest BCUT2D eigenvalue weighted by Gasteiger charge is 2.32. The summed E-state index contributed by atoms with van der Waals surface area (Å²) in [7, 11) is 0. The molecule has 0 saturated heterocycles. The molecule has 0 aliphatic carbocycles. The Morgan fingerprint density at radius 2 is 1.44 bits per heavy atom. The van der Waals surface area contributed by atoms with E-state index in [1.165, 1.54) is 13.8 Å². The van der Waals surface area contributed by atoms with E-state index in [2.05, 4.69) is 16.0 Å². The number of nitrogens with one attached hydrogen (secondary N) is 3. The van der Waals surface area contributed by atoms with E-state index in [4.69, 9.17) is 10.8 Å². The summed E-state index contributed by atoms with van der Waals surface area (Å²) in [5, 5.41) is 34.7. The minimum atomic E-state index is -1.72. The number of hydrogen-bond acceptors (Lipinski definition) is 7. The molecule has 1 rings (SSSR count). The second-order valence-electron chi connectivity index (χ2n) is 7.26. The molecule has 1 aromatic rings. The third-order valence-corrected chi connectivity index (χ3v) is 4.39. The lowest BCUT2D eigenvalue weighted by Crippen LogP contribution is -2.60. The zero-order chi connectivity index (χ0) is 24.4. The maximum absolute atomic E-state index is 12.8. The second-order valence-corrected chi connectivity index (χ2v) is 7.26. The van der Waals surface area contributed by atoms with Crippen molar-refractivity contribution < 1.29 is 39.3 Å². The number of benzene rings is 1. The molecule has 176 valence electrons. The Hall–Kier alpha value is -3.51. The fraction of sp³-hybridized carbons (Fsp3) is 0.450. The summed E-state index contributed by atoms with van der Waals surface area (Å²) >= 11 is 0. The fourth-order valence-corrected chi connectivity index (χ4v) is 2.66. The quantitative estimate of drug-likeness (QED) is 0.186. The number of carbonyl (C=O) groups excluding carboxylic acids is 3. The lowest BCUT2D eigenvalue weighted by Gasteiger charge is -2.26. The Balaban J connectivity index is 3.10. The van der Waals surface area contributed by atoms with Crippen molar-refractivity contribution in [2.24, 2.45) is 5.73 Å². The van der Waals surface area contributed by atoms with Crippen LogP contribution in [-0.2, 0) is 30.4 Å². The molecule has 12 nitrogen and oxygen atoms in total. The van der Waals surface area contributed by atoms with Crippen molar-refractivity contribution in [3.05, 3.63) is 35.9 Å². The molecule has 0 aromatic heterocycles. The number of hydrogen-bond donors (Lipinski definition) is 7. The molecule has 32 heavy (non-hydrogen) atoms. The number of carboxylic acids is 2. The number of nitrogens with two attached hydrogens (primary N) is 1. The second kappa shape index (κ2) is 12.4. The van der Waals surface area contributed by atoms with Gasteiger partial charge in [-0.3, -0.25) is 19.2 Å². The number of aliphatic carboxylic acids is 2. The van der Waals surface area contributed by atoms with Crippen LogP contribution in [0.15, 0.2) is 30.3 Å². The predicted octanol–water partition coefficient (Wildman–Crippen LogP) is -2.03. The molecule has 0 spiro atoms. The number of carbonyl (C=O) groups is 5. The van der Waals surface area contributed by atoms with Gasteiger partial charge in [0.2, 0.25) is 17.7 Å². The maximum Gasteiger partial charge on any atom is 0.326 e. The standard InChI is InChI=1S/C20H28N4O8/c1-10(21)17(28)24-16(11(2)25)19(30)22-13(8-12-6-4-3-5-7-12)18(29)23-14(20(31)32)9-15(26)27/h3-7,10-11,13-14,16,25H,8-9,21H2,1-2H3,(H,22,30)(H,23,29)(H,24,28)(H,26,27)(H,31,32). The molecule has 8 N–H and O–H groups in total. The number of amides is 3.